The van der Waals surface area contributed by atoms with Gasteiger partial charge in [-0.3, -0.25) is 4.79 Å². The van der Waals surface area contributed by atoms with Gasteiger partial charge in [0.25, 0.3) is 0 Å². The van der Waals surface area contributed by atoms with E-state index < -0.39 is 11.6 Å². The standard InChI is InChI=1S/C19H22F2N4O2/c1-2-27-18(26)9-12-5-7-25(8-6-12)17-11-16(23-24-19(17)22)14-10-13(20)3-4-15(14)21/h3-4,10-12H,2,5-9H2,1H3,(H2,22,24). The highest BCUT2D eigenvalue weighted by atomic mass is 19.1. The van der Waals surface area contributed by atoms with Crippen LogP contribution in [0.2, 0.25) is 0 Å². The van der Waals surface area contributed by atoms with Crippen LogP contribution < -0.4 is 10.6 Å². The third kappa shape index (κ3) is 4.50. The number of nitrogens with two attached hydrogens (primary N) is 1. The Balaban J connectivity index is 1.74. The Kier molecular flexibility index (Phi) is 5.83. The van der Waals surface area contributed by atoms with E-state index in [-0.39, 0.29) is 29.0 Å². The molecule has 0 atom stereocenters. The highest BCUT2D eigenvalue weighted by molar-refractivity contribution is 5.72. The number of halogens is 2. The topological polar surface area (TPSA) is 81.3 Å². The molecule has 6 nitrogen and oxygen atoms in total. The normalized spacial score (nSPS) is 15.0. The molecule has 2 N–H and O–H groups in total. The Morgan fingerprint density at radius 2 is 2.00 bits per heavy atom. The van der Waals surface area contributed by atoms with E-state index in [1.54, 1.807) is 13.0 Å². The van der Waals surface area contributed by atoms with Gasteiger partial charge in [-0.15, -0.1) is 10.2 Å². The minimum Gasteiger partial charge on any atom is -0.466 e. The van der Waals surface area contributed by atoms with Crippen molar-refractivity contribution in [2.45, 2.75) is 26.2 Å². The second-order valence-electron chi connectivity index (χ2n) is 6.56. The molecule has 1 aliphatic heterocycles. The maximum absolute atomic E-state index is 14.0. The lowest BCUT2D eigenvalue weighted by molar-refractivity contribution is -0.144. The van der Waals surface area contributed by atoms with Crippen molar-refractivity contribution in [3.8, 4) is 11.3 Å². The molecular weight excluding hydrogens is 354 g/mol. The SMILES string of the molecule is CCOC(=O)CC1CCN(c2cc(-c3cc(F)ccc3F)nnc2N)CC1. The maximum Gasteiger partial charge on any atom is 0.306 e. The van der Waals surface area contributed by atoms with Crippen molar-refractivity contribution < 1.29 is 18.3 Å². The third-order valence-corrected chi connectivity index (χ3v) is 4.72. The number of benzene rings is 1. The first-order valence-corrected chi connectivity index (χ1v) is 8.97. The highest BCUT2D eigenvalue weighted by Gasteiger charge is 2.24. The van der Waals surface area contributed by atoms with E-state index in [1.165, 1.54) is 0 Å². The molecule has 1 aromatic carbocycles. The molecule has 1 aromatic heterocycles. The lowest BCUT2D eigenvalue weighted by Crippen LogP contribution is -2.35. The summed E-state index contributed by atoms with van der Waals surface area (Å²) >= 11 is 0. The molecule has 2 aromatic rings. The minimum absolute atomic E-state index is 0.0425. The van der Waals surface area contributed by atoms with Gasteiger partial charge < -0.3 is 15.4 Å². The van der Waals surface area contributed by atoms with Crippen LogP contribution in [-0.4, -0.2) is 35.9 Å². The molecule has 0 radical (unpaired) electrons. The Morgan fingerprint density at radius 1 is 1.26 bits per heavy atom. The van der Waals surface area contributed by atoms with Crippen LogP contribution in [-0.2, 0) is 9.53 Å². The van der Waals surface area contributed by atoms with Crippen molar-refractivity contribution in [2.75, 3.05) is 30.3 Å². The maximum atomic E-state index is 14.0. The molecule has 2 heterocycles. The number of rotatable bonds is 5. The number of hydrogen-bond acceptors (Lipinski definition) is 6. The molecular formula is C19H22F2N4O2. The predicted octanol–water partition coefficient (Wildman–Crippen LogP) is 3.17. The second kappa shape index (κ2) is 8.28. The molecule has 1 aliphatic rings. The number of esters is 1. The third-order valence-electron chi connectivity index (χ3n) is 4.72. The van der Waals surface area contributed by atoms with Crippen LogP contribution >= 0.6 is 0 Å². The monoisotopic (exact) mass is 376 g/mol. The van der Waals surface area contributed by atoms with E-state index >= 15 is 0 Å². The summed E-state index contributed by atoms with van der Waals surface area (Å²) in [6.45, 7) is 3.55. The number of carbonyl (C=O) groups excluding carboxylic acids is 1. The highest BCUT2D eigenvalue weighted by Crippen LogP contribution is 2.31. The van der Waals surface area contributed by atoms with Crippen molar-refractivity contribution in [1.82, 2.24) is 10.2 Å². The van der Waals surface area contributed by atoms with Gasteiger partial charge >= 0.3 is 5.97 Å². The van der Waals surface area contributed by atoms with E-state index in [2.05, 4.69) is 10.2 Å². The summed E-state index contributed by atoms with van der Waals surface area (Å²) in [5.74, 6) is -0.804. The summed E-state index contributed by atoms with van der Waals surface area (Å²) in [4.78, 5) is 13.7. The lowest BCUT2D eigenvalue weighted by Gasteiger charge is -2.33. The van der Waals surface area contributed by atoms with E-state index in [1.807, 2.05) is 4.90 Å². The number of carbonyl (C=O) groups is 1. The minimum atomic E-state index is -0.574. The molecule has 0 aliphatic carbocycles. The summed E-state index contributed by atoms with van der Waals surface area (Å²) < 4.78 is 32.5. The molecule has 1 fully saturated rings. The van der Waals surface area contributed by atoms with Gasteiger partial charge in [0.2, 0.25) is 0 Å². The number of hydrogen-bond donors (Lipinski definition) is 1. The number of anilines is 2. The number of piperidine rings is 1. The Hall–Kier alpha value is -2.77. The predicted molar refractivity (Wildman–Crippen MR) is 98.0 cm³/mol. The quantitative estimate of drug-likeness (QED) is 0.808. The van der Waals surface area contributed by atoms with Gasteiger partial charge in [-0.05, 0) is 49.9 Å². The van der Waals surface area contributed by atoms with E-state index in [0.717, 1.165) is 31.0 Å². The van der Waals surface area contributed by atoms with Crippen molar-refractivity contribution >= 4 is 17.5 Å². The van der Waals surface area contributed by atoms with Crippen LogP contribution in [0, 0.1) is 17.6 Å². The zero-order valence-electron chi connectivity index (χ0n) is 15.1. The molecule has 0 saturated carbocycles. The van der Waals surface area contributed by atoms with Crippen LogP contribution in [0.3, 0.4) is 0 Å². The Morgan fingerprint density at radius 3 is 2.70 bits per heavy atom. The van der Waals surface area contributed by atoms with Crippen molar-refractivity contribution in [3.63, 3.8) is 0 Å². The number of ether oxygens (including phenoxy) is 1. The zero-order chi connectivity index (χ0) is 19.4. The van der Waals surface area contributed by atoms with Crippen molar-refractivity contribution in [3.05, 3.63) is 35.9 Å². The summed E-state index contributed by atoms with van der Waals surface area (Å²) in [5, 5.41) is 7.83. The fourth-order valence-corrected chi connectivity index (χ4v) is 3.30. The lowest BCUT2D eigenvalue weighted by atomic mass is 9.93. The average Bonchev–Trinajstić information content (AvgIpc) is 2.65. The first-order chi connectivity index (χ1) is 13.0. The van der Waals surface area contributed by atoms with Gasteiger partial charge in [0.05, 0.1) is 18.0 Å². The summed E-state index contributed by atoms with van der Waals surface area (Å²) in [6, 6.07) is 4.83. The molecule has 0 amide bonds. The number of nitrogens with zero attached hydrogens (tertiary/aromatic N) is 3. The first-order valence-electron chi connectivity index (χ1n) is 8.97. The molecule has 0 spiro atoms. The van der Waals surface area contributed by atoms with Gasteiger partial charge in [-0.25, -0.2) is 8.78 Å². The number of aromatic nitrogens is 2. The number of nitrogen functional groups attached to an aromatic ring is 1. The largest absolute Gasteiger partial charge is 0.466 e. The summed E-state index contributed by atoms with van der Waals surface area (Å²) in [6.07, 6.45) is 2.03. The Labute approximate surface area is 156 Å². The van der Waals surface area contributed by atoms with Crippen LogP contribution in [0.4, 0.5) is 20.3 Å². The molecule has 0 bridgehead atoms. The van der Waals surface area contributed by atoms with Gasteiger partial charge in [0.1, 0.15) is 11.6 Å². The van der Waals surface area contributed by atoms with Crippen LogP contribution in [0.1, 0.15) is 26.2 Å². The van der Waals surface area contributed by atoms with Gasteiger partial charge in [0, 0.05) is 25.1 Å². The van der Waals surface area contributed by atoms with Crippen LogP contribution in [0.15, 0.2) is 24.3 Å². The van der Waals surface area contributed by atoms with Gasteiger partial charge in [-0.2, -0.15) is 0 Å². The van der Waals surface area contributed by atoms with Crippen molar-refractivity contribution in [2.24, 2.45) is 5.92 Å². The Bertz CT molecular complexity index is 823. The molecule has 3 rings (SSSR count). The van der Waals surface area contributed by atoms with Crippen LogP contribution in [0.25, 0.3) is 11.3 Å². The molecule has 8 heteroatoms. The van der Waals surface area contributed by atoms with Gasteiger partial charge in [-0.1, -0.05) is 0 Å². The summed E-state index contributed by atoms with van der Waals surface area (Å²) in [5.41, 5.74) is 6.87. The molecule has 144 valence electrons. The van der Waals surface area contributed by atoms with Crippen LogP contribution in [0.5, 0.6) is 0 Å². The van der Waals surface area contributed by atoms with E-state index in [0.29, 0.717) is 31.8 Å². The fraction of sp³-hybridized carbons (Fsp3) is 0.421. The molecule has 27 heavy (non-hydrogen) atoms. The second-order valence-corrected chi connectivity index (χ2v) is 6.56. The van der Waals surface area contributed by atoms with E-state index in [9.17, 15) is 13.6 Å². The van der Waals surface area contributed by atoms with Gasteiger partial charge in [0.15, 0.2) is 5.82 Å². The van der Waals surface area contributed by atoms with Crippen molar-refractivity contribution in [1.29, 1.82) is 0 Å². The summed E-state index contributed by atoms with van der Waals surface area (Å²) in [7, 11) is 0. The zero-order valence-corrected chi connectivity index (χ0v) is 15.1. The fourth-order valence-electron chi connectivity index (χ4n) is 3.30. The first kappa shape index (κ1) is 19.0. The van der Waals surface area contributed by atoms with E-state index in [4.69, 9.17) is 10.5 Å². The molecule has 1 saturated heterocycles. The smallest absolute Gasteiger partial charge is 0.306 e. The molecule has 0 unspecified atom stereocenters. The average molecular weight is 376 g/mol.